The van der Waals surface area contributed by atoms with Gasteiger partial charge >= 0.3 is 5.97 Å². The molecule has 0 aromatic heterocycles. The molecule has 0 saturated carbocycles. The second-order valence-corrected chi connectivity index (χ2v) is 4.71. The van der Waals surface area contributed by atoms with Crippen LogP contribution in [0.25, 0.3) is 0 Å². The van der Waals surface area contributed by atoms with Crippen molar-refractivity contribution in [1.82, 2.24) is 0 Å². The first-order chi connectivity index (χ1) is 8.56. The van der Waals surface area contributed by atoms with Crippen molar-refractivity contribution in [3.05, 3.63) is 71.3 Å². The van der Waals surface area contributed by atoms with Gasteiger partial charge in [-0.05, 0) is 23.6 Å². The Bertz CT molecular complexity index is 566. The van der Waals surface area contributed by atoms with Gasteiger partial charge in [0.15, 0.2) is 4.87 Å². The second-order valence-electron chi connectivity index (χ2n) is 4.14. The van der Waals surface area contributed by atoms with Gasteiger partial charge in [-0.15, -0.1) is 0 Å². The van der Waals surface area contributed by atoms with E-state index >= 15 is 0 Å². The van der Waals surface area contributed by atoms with Gasteiger partial charge in [0.05, 0.1) is 0 Å². The Morgan fingerprint density at radius 2 is 1.61 bits per heavy atom. The molecule has 1 N–H and O–H groups in total. The third-order valence-electron chi connectivity index (χ3n) is 2.98. The van der Waals surface area contributed by atoms with Crippen LogP contribution >= 0.6 is 11.6 Å². The van der Waals surface area contributed by atoms with Gasteiger partial charge in [-0.2, -0.15) is 0 Å². The van der Waals surface area contributed by atoms with Crippen LogP contribution in [-0.2, 0) is 9.67 Å². The summed E-state index contributed by atoms with van der Waals surface area (Å²) in [4.78, 5) is 10.1. The highest BCUT2D eigenvalue weighted by molar-refractivity contribution is 6.36. The first kappa shape index (κ1) is 12.7. The van der Waals surface area contributed by atoms with E-state index in [4.69, 9.17) is 11.6 Å². The predicted octanol–water partition coefficient (Wildman–Crippen LogP) is 3.56. The monoisotopic (exact) mass is 260 g/mol. The van der Waals surface area contributed by atoms with E-state index in [1.165, 1.54) is 0 Å². The van der Waals surface area contributed by atoms with Crippen molar-refractivity contribution >= 4 is 17.6 Å². The van der Waals surface area contributed by atoms with Gasteiger partial charge in [0.25, 0.3) is 0 Å². The summed E-state index contributed by atoms with van der Waals surface area (Å²) in [6.45, 7) is 1.86. The number of rotatable bonds is 3. The standard InChI is InChI=1S/C15H13ClO2/c1-11-7-5-6-10-13(11)15(16,14(17)18)12-8-3-2-4-9-12/h2-10H,1H3,(H,17,18). The smallest absolute Gasteiger partial charge is 0.334 e. The number of aliphatic carboxylic acids is 1. The Balaban J connectivity index is 2.67. The quantitative estimate of drug-likeness (QED) is 0.857. The fourth-order valence-corrected chi connectivity index (χ4v) is 2.36. The molecule has 92 valence electrons. The van der Waals surface area contributed by atoms with Gasteiger partial charge in [-0.25, -0.2) is 4.79 Å². The Kier molecular flexibility index (Phi) is 3.39. The maximum atomic E-state index is 11.6. The Hall–Kier alpha value is -1.80. The summed E-state index contributed by atoms with van der Waals surface area (Å²) in [5.74, 6) is -1.07. The van der Waals surface area contributed by atoms with Crippen molar-refractivity contribution in [3.63, 3.8) is 0 Å². The average Bonchev–Trinajstić information content (AvgIpc) is 2.39. The van der Waals surface area contributed by atoms with E-state index in [1.807, 2.05) is 25.1 Å². The zero-order chi connectivity index (χ0) is 13.2. The minimum atomic E-state index is -1.54. The van der Waals surface area contributed by atoms with Crippen LogP contribution in [-0.4, -0.2) is 11.1 Å². The van der Waals surface area contributed by atoms with Crippen LogP contribution in [0.15, 0.2) is 54.6 Å². The largest absolute Gasteiger partial charge is 0.479 e. The van der Waals surface area contributed by atoms with E-state index < -0.39 is 10.8 Å². The lowest BCUT2D eigenvalue weighted by Gasteiger charge is -2.25. The summed E-state index contributed by atoms with van der Waals surface area (Å²) < 4.78 is 0. The molecule has 0 amide bonds. The number of hydrogen-bond acceptors (Lipinski definition) is 1. The summed E-state index contributed by atoms with van der Waals surface area (Å²) in [6, 6.07) is 16.1. The number of aryl methyl sites for hydroxylation is 1. The lowest BCUT2D eigenvalue weighted by Crippen LogP contribution is -2.31. The average molecular weight is 261 g/mol. The zero-order valence-corrected chi connectivity index (χ0v) is 10.7. The van der Waals surface area contributed by atoms with Crippen molar-refractivity contribution in [2.75, 3.05) is 0 Å². The van der Waals surface area contributed by atoms with Crippen LogP contribution in [0.1, 0.15) is 16.7 Å². The van der Waals surface area contributed by atoms with E-state index in [-0.39, 0.29) is 0 Å². The maximum Gasteiger partial charge on any atom is 0.334 e. The van der Waals surface area contributed by atoms with Gasteiger partial charge in [-0.1, -0.05) is 66.2 Å². The van der Waals surface area contributed by atoms with Crippen molar-refractivity contribution in [2.45, 2.75) is 11.8 Å². The number of carboxylic acid groups (broad SMARTS) is 1. The fraction of sp³-hybridized carbons (Fsp3) is 0.133. The van der Waals surface area contributed by atoms with E-state index in [2.05, 4.69) is 0 Å². The number of benzene rings is 2. The molecule has 0 heterocycles. The minimum Gasteiger partial charge on any atom is -0.479 e. The second kappa shape index (κ2) is 4.83. The van der Waals surface area contributed by atoms with Crippen LogP contribution in [0.5, 0.6) is 0 Å². The fourth-order valence-electron chi connectivity index (χ4n) is 2.02. The number of halogens is 1. The normalized spacial score (nSPS) is 13.9. The van der Waals surface area contributed by atoms with Crippen LogP contribution < -0.4 is 0 Å². The summed E-state index contributed by atoms with van der Waals surface area (Å²) in [6.07, 6.45) is 0. The van der Waals surface area contributed by atoms with Crippen LogP contribution in [0.2, 0.25) is 0 Å². The van der Waals surface area contributed by atoms with Crippen LogP contribution in [0.3, 0.4) is 0 Å². The van der Waals surface area contributed by atoms with Crippen LogP contribution in [0.4, 0.5) is 0 Å². The molecule has 0 bridgehead atoms. The SMILES string of the molecule is Cc1ccccc1C(Cl)(C(=O)O)c1ccccc1. The minimum absolute atomic E-state index is 0.563. The Morgan fingerprint density at radius 3 is 2.17 bits per heavy atom. The molecule has 2 nitrogen and oxygen atoms in total. The van der Waals surface area contributed by atoms with Crippen LogP contribution in [0, 0.1) is 6.92 Å². The molecule has 1 unspecified atom stereocenters. The molecule has 3 heteroatoms. The van der Waals surface area contributed by atoms with Crippen molar-refractivity contribution < 1.29 is 9.90 Å². The summed E-state index contributed by atoms with van der Waals surface area (Å²) in [7, 11) is 0. The molecule has 2 aromatic carbocycles. The highest BCUT2D eigenvalue weighted by atomic mass is 35.5. The molecule has 0 radical (unpaired) electrons. The van der Waals surface area contributed by atoms with Gasteiger partial charge in [0.1, 0.15) is 0 Å². The predicted molar refractivity (Wildman–Crippen MR) is 71.9 cm³/mol. The molecule has 0 saturated heterocycles. The number of alkyl halides is 1. The summed E-state index contributed by atoms with van der Waals surface area (Å²) in [5, 5.41) is 9.53. The summed E-state index contributed by atoms with van der Waals surface area (Å²) >= 11 is 6.43. The molecule has 18 heavy (non-hydrogen) atoms. The Labute approximate surface area is 111 Å². The molecule has 0 fully saturated rings. The van der Waals surface area contributed by atoms with Gasteiger partial charge in [0.2, 0.25) is 0 Å². The Morgan fingerprint density at radius 1 is 1.06 bits per heavy atom. The highest BCUT2D eigenvalue weighted by Crippen LogP contribution is 2.38. The highest BCUT2D eigenvalue weighted by Gasteiger charge is 2.41. The molecule has 0 aliphatic heterocycles. The maximum absolute atomic E-state index is 11.6. The molecular formula is C15H13ClO2. The van der Waals surface area contributed by atoms with E-state index in [0.29, 0.717) is 11.1 Å². The molecule has 2 rings (SSSR count). The number of carboxylic acids is 1. The van der Waals surface area contributed by atoms with E-state index in [9.17, 15) is 9.90 Å². The van der Waals surface area contributed by atoms with Crippen molar-refractivity contribution in [3.8, 4) is 0 Å². The van der Waals surface area contributed by atoms with Gasteiger partial charge in [-0.3, -0.25) is 0 Å². The third kappa shape index (κ3) is 2.00. The molecule has 0 aliphatic carbocycles. The molecule has 1 atom stereocenters. The summed E-state index contributed by atoms with van der Waals surface area (Å²) in [5.41, 5.74) is 2.03. The first-order valence-electron chi connectivity index (χ1n) is 5.60. The zero-order valence-electron chi connectivity index (χ0n) is 9.93. The van der Waals surface area contributed by atoms with Crippen molar-refractivity contribution in [1.29, 1.82) is 0 Å². The number of hydrogen-bond donors (Lipinski definition) is 1. The van der Waals surface area contributed by atoms with Gasteiger partial charge in [0, 0.05) is 0 Å². The van der Waals surface area contributed by atoms with Gasteiger partial charge < -0.3 is 5.11 Å². The molecule has 2 aromatic rings. The van der Waals surface area contributed by atoms with Crippen molar-refractivity contribution in [2.24, 2.45) is 0 Å². The molecule has 0 spiro atoms. The molecule has 0 aliphatic rings. The lowest BCUT2D eigenvalue weighted by molar-refractivity contribution is -0.139. The topological polar surface area (TPSA) is 37.3 Å². The van der Waals surface area contributed by atoms with E-state index in [0.717, 1.165) is 5.56 Å². The third-order valence-corrected chi connectivity index (χ3v) is 3.57. The van der Waals surface area contributed by atoms with E-state index in [1.54, 1.807) is 36.4 Å². The first-order valence-corrected chi connectivity index (χ1v) is 5.98. The number of carbonyl (C=O) groups is 1. The lowest BCUT2D eigenvalue weighted by atomic mass is 9.87. The molecular weight excluding hydrogens is 248 g/mol.